The van der Waals surface area contributed by atoms with Crippen molar-refractivity contribution in [2.24, 2.45) is 10.9 Å². The molecule has 0 aliphatic heterocycles. The topological polar surface area (TPSA) is 115 Å². The number of nitrogens with one attached hydrogen (secondary N) is 1. The van der Waals surface area contributed by atoms with Gasteiger partial charge in [0.25, 0.3) is 0 Å². The first kappa shape index (κ1) is 16.6. The summed E-state index contributed by atoms with van der Waals surface area (Å²) in [5.74, 6) is -0.331. The van der Waals surface area contributed by atoms with Crippen LogP contribution in [0.2, 0.25) is 0 Å². The Morgan fingerprint density at radius 2 is 2.05 bits per heavy atom. The van der Waals surface area contributed by atoms with Crippen LogP contribution in [0.25, 0.3) is 0 Å². The fourth-order valence-electron chi connectivity index (χ4n) is 1.77. The summed E-state index contributed by atoms with van der Waals surface area (Å²) in [7, 11) is -3.81. The number of hydrogen-bond acceptors (Lipinski definition) is 4. The van der Waals surface area contributed by atoms with Crippen molar-refractivity contribution < 1.29 is 13.2 Å². The van der Waals surface area contributed by atoms with Gasteiger partial charge in [0.05, 0.1) is 10.9 Å². The summed E-state index contributed by atoms with van der Waals surface area (Å²) in [5.41, 5.74) is 6.65. The molecule has 7 heteroatoms. The third-order valence-electron chi connectivity index (χ3n) is 2.97. The van der Waals surface area contributed by atoms with Crippen LogP contribution in [0.3, 0.4) is 0 Å². The lowest BCUT2D eigenvalue weighted by Crippen LogP contribution is -2.35. The van der Waals surface area contributed by atoms with Gasteiger partial charge in [0.2, 0.25) is 15.9 Å². The van der Waals surface area contributed by atoms with Gasteiger partial charge < -0.3 is 11.1 Å². The number of unbranched alkanes of at least 4 members (excludes halogenated alkanes) is 1. The molecule has 0 aromatic heterocycles. The minimum Gasteiger partial charge on any atom is -0.325 e. The van der Waals surface area contributed by atoms with E-state index in [0.717, 1.165) is 12.8 Å². The standard InChI is InChI=1S/C13H21N3O3S/c1-3-4-5-11(14)13(17)16-10-7-6-9(2)12(8-10)20(15,18)19/h6-8,11H,3-5,14H2,1-2H3,(H,16,17)(H2,15,18,19). The van der Waals surface area contributed by atoms with E-state index in [1.165, 1.54) is 6.07 Å². The molecular weight excluding hydrogens is 278 g/mol. The van der Waals surface area contributed by atoms with Crippen LogP contribution in [0.5, 0.6) is 0 Å². The molecule has 0 saturated heterocycles. The number of nitrogens with two attached hydrogens (primary N) is 2. The predicted molar refractivity (Wildman–Crippen MR) is 78.7 cm³/mol. The van der Waals surface area contributed by atoms with Crippen molar-refractivity contribution in [1.82, 2.24) is 0 Å². The first-order valence-electron chi connectivity index (χ1n) is 6.45. The molecule has 1 aromatic carbocycles. The summed E-state index contributed by atoms with van der Waals surface area (Å²) in [4.78, 5) is 11.8. The smallest absolute Gasteiger partial charge is 0.241 e. The number of sulfonamides is 1. The summed E-state index contributed by atoms with van der Waals surface area (Å²) in [6.45, 7) is 3.65. The number of primary sulfonamides is 1. The third kappa shape index (κ3) is 4.59. The Balaban J connectivity index is 2.86. The number of carbonyl (C=O) groups is 1. The number of rotatable bonds is 6. The highest BCUT2D eigenvalue weighted by Gasteiger charge is 2.16. The zero-order valence-electron chi connectivity index (χ0n) is 11.7. The van der Waals surface area contributed by atoms with Crippen molar-refractivity contribution in [3.63, 3.8) is 0 Å². The number of benzene rings is 1. The Hall–Kier alpha value is -1.44. The maximum absolute atomic E-state index is 11.8. The van der Waals surface area contributed by atoms with E-state index in [4.69, 9.17) is 10.9 Å². The Morgan fingerprint density at radius 3 is 2.60 bits per heavy atom. The highest BCUT2D eigenvalue weighted by molar-refractivity contribution is 7.89. The molecule has 5 N–H and O–H groups in total. The SMILES string of the molecule is CCCCC(N)C(=O)Nc1ccc(C)c(S(N)(=O)=O)c1. The molecule has 0 spiro atoms. The first-order chi connectivity index (χ1) is 9.25. The zero-order chi connectivity index (χ0) is 15.3. The molecule has 0 aliphatic carbocycles. The summed E-state index contributed by atoms with van der Waals surface area (Å²) < 4.78 is 22.8. The Morgan fingerprint density at radius 1 is 1.40 bits per heavy atom. The highest BCUT2D eigenvalue weighted by atomic mass is 32.2. The molecule has 20 heavy (non-hydrogen) atoms. The number of aryl methyl sites for hydroxylation is 1. The van der Waals surface area contributed by atoms with Crippen LogP contribution in [-0.2, 0) is 14.8 Å². The van der Waals surface area contributed by atoms with E-state index in [1.807, 2.05) is 6.92 Å². The minimum atomic E-state index is -3.81. The second kappa shape index (κ2) is 6.83. The molecular formula is C13H21N3O3S. The maximum Gasteiger partial charge on any atom is 0.241 e. The fraction of sp³-hybridized carbons (Fsp3) is 0.462. The second-order valence-corrected chi connectivity index (χ2v) is 6.29. The van der Waals surface area contributed by atoms with Gasteiger partial charge >= 0.3 is 0 Å². The molecule has 0 aliphatic rings. The lowest BCUT2D eigenvalue weighted by molar-refractivity contribution is -0.117. The van der Waals surface area contributed by atoms with Crippen LogP contribution >= 0.6 is 0 Å². The number of anilines is 1. The van der Waals surface area contributed by atoms with Gasteiger partial charge in [-0.2, -0.15) is 0 Å². The summed E-state index contributed by atoms with van der Waals surface area (Å²) in [5, 5.41) is 7.72. The average molecular weight is 299 g/mol. The molecule has 0 radical (unpaired) electrons. The van der Waals surface area contributed by atoms with Crippen molar-refractivity contribution in [1.29, 1.82) is 0 Å². The first-order valence-corrected chi connectivity index (χ1v) is 8.00. The Kier molecular flexibility index (Phi) is 5.67. The van der Waals surface area contributed by atoms with Gasteiger partial charge in [-0.05, 0) is 31.0 Å². The molecule has 6 nitrogen and oxygen atoms in total. The van der Waals surface area contributed by atoms with Crippen LogP contribution < -0.4 is 16.2 Å². The van der Waals surface area contributed by atoms with Crippen molar-refractivity contribution in [3.05, 3.63) is 23.8 Å². The highest BCUT2D eigenvalue weighted by Crippen LogP contribution is 2.19. The largest absolute Gasteiger partial charge is 0.325 e. The molecule has 0 bridgehead atoms. The molecule has 0 saturated carbocycles. The molecule has 1 amide bonds. The minimum absolute atomic E-state index is 0.00238. The van der Waals surface area contributed by atoms with Crippen LogP contribution in [0.4, 0.5) is 5.69 Å². The number of hydrogen-bond donors (Lipinski definition) is 3. The van der Waals surface area contributed by atoms with Crippen LogP contribution in [0.15, 0.2) is 23.1 Å². The van der Waals surface area contributed by atoms with E-state index in [-0.39, 0.29) is 10.8 Å². The molecule has 112 valence electrons. The average Bonchev–Trinajstić information content (AvgIpc) is 2.36. The van der Waals surface area contributed by atoms with Gasteiger partial charge in [-0.15, -0.1) is 0 Å². The van der Waals surface area contributed by atoms with E-state index in [9.17, 15) is 13.2 Å². The lowest BCUT2D eigenvalue weighted by Gasteiger charge is -2.13. The van der Waals surface area contributed by atoms with E-state index < -0.39 is 16.1 Å². The number of amides is 1. The molecule has 1 aromatic rings. The van der Waals surface area contributed by atoms with E-state index in [1.54, 1.807) is 19.1 Å². The van der Waals surface area contributed by atoms with Crippen molar-refractivity contribution >= 4 is 21.6 Å². The van der Waals surface area contributed by atoms with Gasteiger partial charge in [-0.25, -0.2) is 13.6 Å². The van der Waals surface area contributed by atoms with E-state index in [0.29, 0.717) is 17.7 Å². The Labute approximate surface area is 119 Å². The van der Waals surface area contributed by atoms with Gasteiger partial charge in [0.1, 0.15) is 0 Å². The molecule has 1 atom stereocenters. The fourth-order valence-corrected chi connectivity index (χ4v) is 2.58. The van der Waals surface area contributed by atoms with E-state index >= 15 is 0 Å². The molecule has 1 rings (SSSR count). The lowest BCUT2D eigenvalue weighted by atomic mass is 10.1. The maximum atomic E-state index is 11.8. The van der Waals surface area contributed by atoms with Crippen LogP contribution in [0, 0.1) is 6.92 Å². The van der Waals surface area contributed by atoms with E-state index in [2.05, 4.69) is 5.32 Å². The summed E-state index contributed by atoms with van der Waals surface area (Å²) >= 11 is 0. The molecule has 0 fully saturated rings. The number of carbonyl (C=O) groups excluding carboxylic acids is 1. The van der Waals surface area contributed by atoms with Crippen molar-refractivity contribution in [2.45, 2.75) is 44.0 Å². The normalized spacial score (nSPS) is 13.0. The van der Waals surface area contributed by atoms with Crippen molar-refractivity contribution in [2.75, 3.05) is 5.32 Å². The van der Waals surface area contributed by atoms with Crippen molar-refractivity contribution in [3.8, 4) is 0 Å². The van der Waals surface area contributed by atoms with Gasteiger partial charge in [-0.3, -0.25) is 4.79 Å². The molecule has 0 heterocycles. The van der Waals surface area contributed by atoms with Crippen LogP contribution in [-0.4, -0.2) is 20.4 Å². The van der Waals surface area contributed by atoms with Gasteiger partial charge in [0, 0.05) is 5.69 Å². The molecule has 1 unspecified atom stereocenters. The van der Waals surface area contributed by atoms with Gasteiger partial charge in [-0.1, -0.05) is 25.8 Å². The zero-order valence-corrected chi connectivity index (χ0v) is 12.5. The summed E-state index contributed by atoms with van der Waals surface area (Å²) in [6.07, 6.45) is 2.42. The Bertz CT molecular complexity index is 585. The summed E-state index contributed by atoms with van der Waals surface area (Å²) in [6, 6.07) is 3.95. The predicted octanol–water partition coefficient (Wildman–Crippen LogP) is 1.10. The van der Waals surface area contributed by atoms with Gasteiger partial charge in [0.15, 0.2) is 0 Å². The second-order valence-electron chi connectivity index (χ2n) is 4.76. The van der Waals surface area contributed by atoms with Crippen LogP contribution in [0.1, 0.15) is 31.7 Å². The monoisotopic (exact) mass is 299 g/mol. The quantitative estimate of drug-likeness (QED) is 0.729. The third-order valence-corrected chi connectivity index (χ3v) is 4.02.